The third-order valence-electron chi connectivity index (χ3n) is 10.7. The Labute approximate surface area is 254 Å². The molecule has 3 aromatic rings. The van der Waals surface area contributed by atoms with Crippen molar-refractivity contribution in [1.82, 2.24) is 15.0 Å². The summed E-state index contributed by atoms with van der Waals surface area (Å²) in [5.74, 6) is 0.807. The minimum atomic E-state index is -4.06. The van der Waals surface area contributed by atoms with Gasteiger partial charge in [0.05, 0.1) is 22.5 Å². The van der Waals surface area contributed by atoms with E-state index in [1.807, 2.05) is 36.4 Å². The van der Waals surface area contributed by atoms with Crippen molar-refractivity contribution in [3.05, 3.63) is 72.6 Å². The summed E-state index contributed by atoms with van der Waals surface area (Å²) in [6.07, 6.45) is 8.53. The number of rotatable bonds is 10. The fourth-order valence-corrected chi connectivity index (χ4v) is 9.35. The zero-order chi connectivity index (χ0) is 30.0. The zero-order valence-electron chi connectivity index (χ0n) is 25.0. The molecule has 1 aliphatic heterocycles. The highest BCUT2D eigenvalue weighted by Crippen LogP contribution is 2.65. The summed E-state index contributed by atoms with van der Waals surface area (Å²) in [6.45, 7) is 6.85. The number of hydrogen-bond donors (Lipinski definition) is 2. The van der Waals surface area contributed by atoms with Crippen molar-refractivity contribution >= 4 is 33.8 Å². The monoisotopic (exact) mass is 601 g/mol. The number of fused-ring (bicyclic) bond motifs is 1. The molecule has 1 saturated heterocycles. The van der Waals surface area contributed by atoms with Crippen LogP contribution in [0.3, 0.4) is 0 Å². The van der Waals surface area contributed by atoms with Crippen molar-refractivity contribution in [2.75, 3.05) is 0 Å². The van der Waals surface area contributed by atoms with Crippen LogP contribution in [0.25, 0.3) is 10.8 Å². The number of aromatic nitrogens is 1. The number of amides is 1. The molecule has 1 aromatic heterocycles. The van der Waals surface area contributed by atoms with E-state index in [4.69, 9.17) is 9.31 Å². The van der Waals surface area contributed by atoms with E-state index < -0.39 is 23.2 Å². The molecule has 0 radical (unpaired) electrons. The third kappa shape index (κ3) is 5.30. The van der Waals surface area contributed by atoms with E-state index in [9.17, 15) is 13.2 Å². The van der Waals surface area contributed by atoms with Gasteiger partial charge in [-0.2, -0.15) is 4.72 Å². The predicted octanol–water partition coefficient (Wildman–Crippen LogP) is 4.68. The number of benzene rings is 2. The molecule has 10 heteroatoms. The number of carbonyl (C=O) groups is 1. The molecule has 226 valence electrons. The lowest BCUT2D eigenvalue weighted by Gasteiger charge is -2.64. The van der Waals surface area contributed by atoms with Gasteiger partial charge >= 0.3 is 7.12 Å². The highest BCUT2D eigenvalue weighted by molar-refractivity contribution is 7.89. The van der Waals surface area contributed by atoms with Crippen LogP contribution in [0.15, 0.2) is 71.9 Å². The van der Waals surface area contributed by atoms with Crippen LogP contribution in [0.1, 0.15) is 58.4 Å². The Hall–Kier alpha value is -2.79. The second kappa shape index (κ2) is 10.7. The molecule has 43 heavy (non-hydrogen) atoms. The first-order chi connectivity index (χ1) is 20.5. The van der Waals surface area contributed by atoms with Gasteiger partial charge in [-0.3, -0.25) is 9.78 Å². The number of nitrogens with zero attached hydrogens (tertiary/aromatic N) is 1. The quantitative estimate of drug-likeness (QED) is 0.327. The predicted molar refractivity (Wildman–Crippen MR) is 165 cm³/mol. The van der Waals surface area contributed by atoms with Crippen molar-refractivity contribution < 1.29 is 22.5 Å². The Morgan fingerprint density at radius 2 is 1.86 bits per heavy atom. The van der Waals surface area contributed by atoms with Crippen LogP contribution in [-0.2, 0) is 30.5 Å². The van der Waals surface area contributed by atoms with Crippen LogP contribution in [0.5, 0.6) is 0 Å². The topological polar surface area (TPSA) is 107 Å². The van der Waals surface area contributed by atoms with E-state index in [0.29, 0.717) is 28.5 Å². The van der Waals surface area contributed by atoms with Gasteiger partial charge in [-0.1, -0.05) is 69.2 Å². The lowest BCUT2D eigenvalue weighted by atomic mass is 9.43. The molecule has 5 fully saturated rings. The minimum absolute atomic E-state index is 0.00681. The molecule has 1 amide bonds. The largest absolute Gasteiger partial charge is 0.481 e. The van der Waals surface area contributed by atoms with Gasteiger partial charge in [-0.15, -0.1) is 0 Å². The average Bonchev–Trinajstić information content (AvgIpc) is 3.73. The van der Waals surface area contributed by atoms with E-state index >= 15 is 0 Å². The van der Waals surface area contributed by atoms with Crippen molar-refractivity contribution in [2.45, 2.75) is 87.9 Å². The van der Waals surface area contributed by atoms with Gasteiger partial charge in [0.2, 0.25) is 15.9 Å². The van der Waals surface area contributed by atoms with Gasteiger partial charge < -0.3 is 14.6 Å². The van der Waals surface area contributed by atoms with Crippen LogP contribution >= 0.6 is 0 Å². The fraction of sp³-hybridized carbons (Fsp3) is 0.515. The molecule has 2 N–H and O–H groups in total. The Kier molecular flexibility index (Phi) is 7.19. The molecule has 4 saturated carbocycles. The summed E-state index contributed by atoms with van der Waals surface area (Å²) in [5, 5.41) is 4.48. The van der Waals surface area contributed by atoms with E-state index in [2.05, 4.69) is 35.8 Å². The number of carbonyl (C=O) groups excluding carboxylic acids is 1. The normalized spacial score (nSPS) is 29.0. The number of pyridine rings is 1. The minimum Gasteiger partial charge on any atom is -0.404 e. The molecular formula is C33H40BN3O5S. The molecule has 0 unspecified atom stereocenters. The van der Waals surface area contributed by atoms with Crippen LogP contribution in [0.2, 0.25) is 0 Å². The lowest BCUT2D eigenvalue weighted by Crippen LogP contribution is -2.65. The molecule has 6 atom stereocenters. The van der Waals surface area contributed by atoms with E-state index in [0.717, 1.165) is 37.7 Å². The number of hydrogen-bond acceptors (Lipinski definition) is 6. The molecule has 2 bridgehead atoms. The SMILES string of the molecule is CC1(C)[C@@H]2C[C@H]3OB([C@H](CC4CC4)NC(=O)[C@H](Cc4ccccc4)NS(=O)(=O)c4cccc5cnccc45)O[C@@]3(C)[C@H]1C2. The smallest absolute Gasteiger partial charge is 0.404 e. The summed E-state index contributed by atoms with van der Waals surface area (Å²) >= 11 is 0. The highest BCUT2D eigenvalue weighted by atomic mass is 32.2. The first kappa shape index (κ1) is 29.0. The standard InChI is InChI=1S/C33H40BN3O5S/c1-32(2)24-18-28(32)33(3)29(19-24)41-34(42-33)30(17-22-12-13-22)36-31(38)26(16-21-8-5-4-6-9-21)37-43(39,40)27-11-7-10-23-20-35-15-14-25(23)27/h4-11,14-15,20,22,24,26,28-30,37H,12-13,16-19H2,1-3H3,(H,36,38)/t24-,26-,28-,29+,30-,33-/m0/s1. The maximum absolute atomic E-state index is 14.1. The fourth-order valence-electron chi connectivity index (χ4n) is 7.92. The van der Waals surface area contributed by atoms with Crippen LogP contribution in [-0.4, -0.2) is 50.1 Å². The zero-order valence-corrected chi connectivity index (χ0v) is 25.8. The van der Waals surface area contributed by atoms with Crippen LogP contribution < -0.4 is 10.0 Å². The second-order valence-corrected chi connectivity index (χ2v) is 15.5. The summed E-state index contributed by atoms with van der Waals surface area (Å²) in [5.41, 5.74) is 0.694. The van der Waals surface area contributed by atoms with Crippen molar-refractivity contribution in [2.24, 2.45) is 23.2 Å². The Balaban J connectivity index is 1.15. The molecular weight excluding hydrogens is 561 g/mol. The maximum Gasteiger partial charge on any atom is 0.481 e. The Morgan fingerprint density at radius 3 is 2.60 bits per heavy atom. The van der Waals surface area contributed by atoms with E-state index in [1.54, 1.807) is 30.6 Å². The second-order valence-electron chi connectivity index (χ2n) is 13.8. The van der Waals surface area contributed by atoms with E-state index in [-0.39, 0.29) is 40.3 Å². The lowest BCUT2D eigenvalue weighted by molar-refractivity contribution is -0.199. The van der Waals surface area contributed by atoms with Crippen molar-refractivity contribution in [1.29, 1.82) is 0 Å². The summed E-state index contributed by atoms with van der Waals surface area (Å²) in [7, 11) is -4.62. The van der Waals surface area contributed by atoms with Crippen LogP contribution in [0.4, 0.5) is 0 Å². The molecule has 4 aliphatic carbocycles. The number of sulfonamides is 1. The maximum atomic E-state index is 14.1. The molecule has 0 spiro atoms. The first-order valence-corrected chi connectivity index (χ1v) is 17.1. The summed E-state index contributed by atoms with van der Waals surface area (Å²) in [6, 6.07) is 15.2. The van der Waals surface area contributed by atoms with Gasteiger partial charge in [0.1, 0.15) is 6.04 Å². The van der Waals surface area contributed by atoms with E-state index in [1.165, 1.54) is 0 Å². The highest BCUT2D eigenvalue weighted by Gasteiger charge is 2.68. The molecule has 8 rings (SSSR count). The molecule has 2 aromatic carbocycles. The van der Waals surface area contributed by atoms with Crippen LogP contribution in [0, 0.1) is 23.2 Å². The molecule has 8 nitrogen and oxygen atoms in total. The average molecular weight is 602 g/mol. The van der Waals surface area contributed by atoms with Gasteiger partial charge in [0, 0.05) is 23.2 Å². The Bertz CT molecular complexity index is 1630. The molecule has 2 heterocycles. The third-order valence-corrected chi connectivity index (χ3v) is 12.3. The molecule has 5 aliphatic rings. The van der Waals surface area contributed by atoms with Gasteiger partial charge in [0.15, 0.2) is 0 Å². The first-order valence-electron chi connectivity index (χ1n) is 15.6. The number of nitrogens with one attached hydrogen (secondary N) is 2. The van der Waals surface area contributed by atoms with Gasteiger partial charge in [-0.25, -0.2) is 8.42 Å². The summed E-state index contributed by atoms with van der Waals surface area (Å²) in [4.78, 5) is 18.3. The summed E-state index contributed by atoms with van der Waals surface area (Å²) < 4.78 is 43.8. The van der Waals surface area contributed by atoms with Gasteiger partial charge in [0.25, 0.3) is 0 Å². The van der Waals surface area contributed by atoms with Gasteiger partial charge in [-0.05, 0) is 73.5 Å². The Morgan fingerprint density at radius 1 is 1.07 bits per heavy atom. The van der Waals surface area contributed by atoms with Crippen molar-refractivity contribution in [3.8, 4) is 0 Å². The van der Waals surface area contributed by atoms with Crippen molar-refractivity contribution in [3.63, 3.8) is 0 Å².